The fourth-order valence-electron chi connectivity index (χ4n) is 2.43. The Morgan fingerprint density at radius 2 is 1.86 bits per heavy atom. The summed E-state index contributed by atoms with van der Waals surface area (Å²) in [5.74, 6) is -0.572. The second-order valence-corrected chi connectivity index (χ2v) is 6.11. The van der Waals surface area contributed by atoms with E-state index in [4.69, 9.17) is 9.84 Å². The number of carbonyl (C=O) groups excluding carboxylic acids is 2. The Morgan fingerprint density at radius 1 is 1.07 bits per heavy atom. The Morgan fingerprint density at radius 3 is 2.54 bits per heavy atom. The van der Waals surface area contributed by atoms with Crippen molar-refractivity contribution in [3.8, 4) is 5.75 Å². The van der Waals surface area contributed by atoms with Crippen LogP contribution in [0.15, 0.2) is 42.5 Å². The largest absolute Gasteiger partial charge is 0.484 e. The molecule has 148 valence electrons. The fourth-order valence-corrected chi connectivity index (χ4v) is 2.43. The first-order chi connectivity index (χ1) is 13.4. The molecule has 0 heterocycles. The molecule has 0 spiro atoms. The summed E-state index contributed by atoms with van der Waals surface area (Å²) in [6, 6.07) is 11.7. The van der Waals surface area contributed by atoms with Crippen LogP contribution in [0.4, 0.5) is 16.2 Å². The molecule has 0 aromatic heterocycles. The van der Waals surface area contributed by atoms with Gasteiger partial charge in [-0.05, 0) is 54.8 Å². The number of carboxylic acid groups (broad SMARTS) is 1. The third kappa shape index (κ3) is 6.64. The number of likely N-dealkylation sites (N-methyl/N-ethyl adjacent to an activating group) is 1. The fraction of sp³-hybridized carbons (Fsp3) is 0.250. The number of amides is 3. The van der Waals surface area contributed by atoms with Crippen molar-refractivity contribution in [3.63, 3.8) is 0 Å². The highest BCUT2D eigenvalue weighted by molar-refractivity contribution is 6.00. The van der Waals surface area contributed by atoms with Gasteiger partial charge in [0.15, 0.2) is 6.61 Å². The van der Waals surface area contributed by atoms with E-state index in [0.29, 0.717) is 23.5 Å². The lowest BCUT2D eigenvalue weighted by Crippen LogP contribution is -2.24. The van der Waals surface area contributed by atoms with Crippen LogP contribution in [-0.4, -0.2) is 36.7 Å². The molecule has 0 fully saturated rings. The maximum Gasteiger partial charge on any atom is 0.323 e. The van der Waals surface area contributed by atoms with Gasteiger partial charge in [0.1, 0.15) is 5.75 Å². The van der Waals surface area contributed by atoms with E-state index < -0.39 is 12.0 Å². The van der Waals surface area contributed by atoms with Crippen molar-refractivity contribution >= 4 is 29.3 Å². The van der Waals surface area contributed by atoms with Crippen molar-refractivity contribution in [2.45, 2.75) is 19.8 Å². The molecule has 0 saturated heterocycles. The molecule has 2 aromatic rings. The molecular weight excluding hydrogens is 362 g/mol. The van der Waals surface area contributed by atoms with Crippen LogP contribution in [-0.2, 0) is 16.0 Å². The second kappa shape index (κ2) is 9.96. The Kier molecular flexibility index (Phi) is 7.38. The number of carboxylic acids is 1. The van der Waals surface area contributed by atoms with Crippen LogP contribution >= 0.6 is 0 Å². The van der Waals surface area contributed by atoms with Crippen LogP contribution in [0.3, 0.4) is 0 Å². The smallest absolute Gasteiger partial charge is 0.323 e. The molecule has 4 N–H and O–H groups in total. The van der Waals surface area contributed by atoms with Crippen LogP contribution in [0.1, 0.15) is 17.5 Å². The Balaban J connectivity index is 1.94. The summed E-state index contributed by atoms with van der Waals surface area (Å²) in [6.07, 6.45) is 0.423. The molecule has 0 atom stereocenters. The number of aliphatic carboxylic acids is 1. The first-order valence-electron chi connectivity index (χ1n) is 8.70. The monoisotopic (exact) mass is 385 g/mol. The van der Waals surface area contributed by atoms with Gasteiger partial charge in [-0.2, -0.15) is 0 Å². The molecule has 0 aliphatic heterocycles. The molecule has 0 unspecified atom stereocenters. The van der Waals surface area contributed by atoms with Crippen molar-refractivity contribution in [1.29, 1.82) is 0 Å². The van der Waals surface area contributed by atoms with Crippen molar-refractivity contribution in [2.24, 2.45) is 0 Å². The van der Waals surface area contributed by atoms with E-state index in [0.717, 1.165) is 11.1 Å². The number of aryl methyl sites for hydroxylation is 2. The zero-order valence-corrected chi connectivity index (χ0v) is 15.7. The molecule has 3 amide bonds. The Bertz CT molecular complexity index is 867. The average Bonchev–Trinajstić information content (AvgIpc) is 2.66. The van der Waals surface area contributed by atoms with E-state index >= 15 is 0 Å². The zero-order valence-electron chi connectivity index (χ0n) is 15.7. The Labute approximate surface area is 162 Å². The van der Waals surface area contributed by atoms with Crippen molar-refractivity contribution < 1.29 is 24.2 Å². The lowest BCUT2D eigenvalue weighted by Gasteiger charge is -2.12. The van der Waals surface area contributed by atoms with Crippen LogP contribution in [0, 0.1) is 6.92 Å². The van der Waals surface area contributed by atoms with Crippen LogP contribution in [0.2, 0.25) is 0 Å². The van der Waals surface area contributed by atoms with Crippen molar-refractivity contribution in [1.82, 2.24) is 5.32 Å². The number of carbonyl (C=O) groups is 3. The van der Waals surface area contributed by atoms with Crippen molar-refractivity contribution in [3.05, 3.63) is 53.6 Å². The molecule has 0 radical (unpaired) electrons. The van der Waals surface area contributed by atoms with E-state index in [1.807, 2.05) is 13.0 Å². The van der Waals surface area contributed by atoms with Gasteiger partial charge in [0, 0.05) is 24.8 Å². The molecule has 28 heavy (non-hydrogen) atoms. The summed E-state index contributed by atoms with van der Waals surface area (Å²) in [5.41, 5.74) is 2.78. The molecule has 0 aliphatic rings. The topological polar surface area (TPSA) is 117 Å². The van der Waals surface area contributed by atoms with Crippen molar-refractivity contribution in [2.75, 3.05) is 24.3 Å². The summed E-state index contributed by atoms with van der Waals surface area (Å²) >= 11 is 0. The van der Waals surface area contributed by atoms with Gasteiger partial charge in [0.2, 0.25) is 0 Å². The molecule has 2 rings (SSSR count). The molecule has 8 heteroatoms. The van der Waals surface area contributed by atoms with E-state index in [9.17, 15) is 14.4 Å². The summed E-state index contributed by atoms with van der Waals surface area (Å²) in [4.78, 5) is 34.1. The number of benzene rings is 2. The number of hydrogen-bond acceptors (Lipinski definition) is 4. The van der Waals surface area contributed by atoms with Gasteiger partial charge in [0.05, 0.1) is 0 Å². The average molecular weight is 385 g/mol. The first-order valence-corrected chi connectivity index (χ1v) is 8.70. The van der Waals surface area contributed by atoms with Crippen LogP contribution in [0.5, 0.6) is 5.75 Å². The molecule has 0 bridgehead atoms. The number of hydrogen-bond donors (Lipinski definition) is 4. The van der Waals surface area contributed by atoms with E-state index in [1.165, 1.54) is 7.05 Å². The highest BCUT2D eigenvalue weighted by Crippen LogP contribution is 2.22. The van der Waals surface area contributed by atoms with Gasteiger partial charge in [-0.25, -0.2) is 4.79 Å². The third-order valence-corrected chi connectivity index (χ3v) is 3.91. The maximum atomic E-state index is 12.2. The molecule has 2 aromatic carbocycles. The summed E-state index contributed by atoms with van der Waals surface area (Å²) in [5, 5.41) is 16.7. The quantitative estimate of drug-likeness (QED) is 0.557. The highest BCUT2D eigenvalue weighted by atomic mass is 16.5. The van der Waals surface area contributed by atoms with Gasteiger partial charge in [-0.15, -0.1) is 0 Å². The van der Waals surface area contributed by atoms with E-state index in [-0.39, 0.29) is 18.9 Å². The number of ether oxygens (including phenoxy) is 1. The van der Waals surface area contributed by atoms with E-state index in [2.05, 4.69) is 16.0 Å². The van der Waals surface area contributed by atoms with Gasteiger partial charge in [0.25, 0.3) is 5.91 Å². The maximum absolute atomic E-state index is 12.2. The van der Waals surface area contributed by atoms with Gasteiger partial charge in [-0.3, -0.25) is 9.59 Å². The first kappa shape index (κ1) is 20.8. The van der Waals surface area contributed by atoms with Gasteiger partial charge in [-0.1, -0.05) is 12.1 Å². The third-order valence-electron chi connectivity index (χ3n) is 3.91. The van der Waals surface area contributed by atoms with Gasteiger partial charge >= 0.3 is 12.0 Å². The molecule has 8 nitrogen and oxygen atoms in total. The minimum absolute atomic E-state index is 0.0309. The normalized spacial score (nSPS) is 10.1. The number of rotatable bonds is 8. The minimum Gasteiger partial charge on any atom is -0.484 e. The van der Waals surface area contributed by atoms with Gasteiger partial charge < -0.3 is 25.8 Å². The standard InChI is InChI=1S/C20H23N3O5/c1-13-10-16(28-12-18(24)21-2)7-8-17(13)23-20(27)22-15-5-3-4-14(11-15)6-9-19(25)26/h3-5,7-8,10-11H,6,9,12H2,1-2H3,(H,21,24)(H,25,26)(H2,22,23,27). The SMILES string of the molecule is CNC(=O)COc1ccc(NC(=O)Nc2cccc(CCC(=O)O)c2)c(C)c1. The predicted octanol–water partition coefficient (Wildman–Crippen LogP) is 2.78. The summed E-state index contributed by atoms with van der Waals surface area (Å²) in [7, 11) is 1.53. The van der Waals surface area contributed by atoms with Crippen LogP contribution in [0.25, 0.3) is 0 Å². The predicted molar refractivity (Wildman–Crippen MR) is 106 cm³/mol. The Hall–Kier alpha value is -3.55. The lowest BCUT2D eigenvalue weighted by molar-refractivity contribution is -0.137. The number of anilines is 2. The summed E-state index contributed by atoms with van der Waals surface area (Å²) < 4.78 is 5.37. The molecular formula is C20H23N3O5. The lowest BCUT2D eigenvalue weighted by atomic mass is 10.1. The number of nitrogens with one attached hydrogen (secondary N) is 3. The minimum atomic E-state index is -0.866. The molecule has 0 saturated carbocycles. The zero-order chi connectivity index (χ0) is 20.5. The highest BCUT2D eigenvalue weighted by Gasteiger charge is 2.08. The molecule has 0 aliphatic carbocycles. The number of urea groups is 1. The van der Waals surface area contributed by atoms with E-state index in [1.54, 1.807) is 36.4 Å². The second-order valence-electron chi connectivity index (χ2n) is 6.11. The summed E-state index contributed by atoms with van der Waals surface area (Å²) in [6.45, 7) is 1.73. The van der Waals surface area contributed by atoms with Crippen LogP contribution < -0.4 is 20.7 Å².